The molecule has 3 nitrogen and oxygen atoms in total. The van der Waals surface area contributed by atoms with Gasteiger partial charge in [0.25, 0.3) is 0 Å². The summed E-state index contributed by atoms with van der Waals surface area (Å²) in [6.07, 6.45) is 20.0. The van der Waals surface area contributed by atoms with Crippen LogP contribution in [-0.2, 0) is 9.47 Å². The van der Waals surface area contributed by atoms with Gasteiger partial charge in [-0.2, -0.15) is 0 Å². The fraction of sp³-hybridized carbons (Fsp3) is 1.00. The summed E-state index contributed by atoms with van der Waals surface area (Å²) in [7, 11) is 5.94. The van der Waals surface area contributed by atoms with Gasteiger partial charge in [0.05, 0.1) is 26.8 Å². The standard InChI is InChI=1S/C23H50NO2/c1-5-6-7-8-9-10-11-12-13-14-15-16-17-18-19-24(2,20-22-25-3)21-23-26-4/h5-23H2,1-4H3/q+1. The Bertz CT molecular complexity index is 263. The molecule has 0 bridgehead atoms. The predicted molar refractivity (Wildman–Crippen MR) is 115 cm³/mol. The van der Waals surface area contributed by atoms with E-state index in [1.54, 1.807) is 14.2 Å². The number of ether oxygens (including phenoxy) is 2. The van der Waals surface area contributed by atoms with Gasteiger partial charge < -0.3 is 14.0 Å². The van der Waals surface area contributed by atoms with Gasteiger partial charge in [0, 0.05) is 14.2 Å². The number of likely N-dealkylation sites (N-methyl/N-ethyl adjacent to an activating group) is 1. The van der Waals surface area contributed by atoms with Crippen LogP contribution in [0.1, 0.15) is 96.8 Å². The molecule has 0 saturated carbocycles. The summed E-state index contributed by atoms with van der Waals surface area (Å²) < 4.78 is 11.7. The molecule has 0 aliphatic carbocycles. The van der Waals surface area contributed by atoms with Crippen LogP contribution in [0.4, 0.5) is 0 Å². The van der Waals surface area contributed by atoms with E-state index in [4.69, 9.17) is 9.47 Å². The molecule has 0 radical (unpaired) electrons. The molecule has 0 spiro atoms. The maximum atomic E-state index is 5.29. The maximum Gasteiger partial charge on any atom is 0.102 e. The topological polar surface area (TPSA) is 18.5 Å². The number of hydrogen-bond donors (Lipinski definition) is 0. The van der Waals surface area contributed by atoms with Crippen LogP contribution in [0.2, 0.25) is 0 Å². The molecule has 0 heterocycles. The van der Waals surface area contributed by atoms with Crippen molar-refractivity contribution in [2.45, 2.75) is 96.8 Å². The highest BCUT2D eigenvalue weighted by Gasteiger charge is 2.20. The molecule has 0 rings (SSSR count). The van der Waals surface area contributed by atoms with Crippen LogP contribution >= 0.6 is 0 Å². The first kappa shape index (κ1) is 25.9. The van der Waals surface area contributed by atoms with E-state index in [1.807, 2.05) is 0 Å². The summed E-state index contributed by atoms with van der Waals surface area (Å²) in [5, 5.41) is 0. The number of hydrogen-bond acceptors (Lipinski definition) is 2. The summed E-state index contributed by atoms with van der Waals surface area (Å²) in [6, 6.07) is 0. The lowest BCUT2D eigenvalue weighted by molar-refractivity contribution is -0.910. The van der Waals surface area contributed by atoms with Crippen LogP contribution in [0.25, 0.3) is 0 Å². The Labute approximate surface area is 165 Å². The third kappa shape index (κ3) is 17.3. The van der Waals surface area contributed by atoms with E-state index in [1.165, 1.54) is 96.4 Å². The normalized spacial score (nSPS) is 12.0. The van der Waals surface area contributed by atoms with Gasteiger partial charge >= 0.3 is 0 Å². The molecule has 0 saturated heterocycles. The van der Waals surface area contributed by atoms with Crippen LogP contribution in [0.15, 0.2) is 0 Å². The number of unbranched alkanes of at least 4 members (excludes halogenated alkanes) is 13. The highest BCUT2D eigenvalue weighted by Crippen LogP contribution is 2.14. The molecule has 26 heavy (non-hydrogen) atoms. The van der Waals surface area contributed by atoms with Gasteiger partial charge in [-0.15, -0.1) is 0 Å². The molecule has 0 aromatic carbocycles. The fourth-order valence-electron chi connectivity index (χ4n) is 3.65. The minimum Gasteiger partial charge on any atom is -0.379 e. The Kier molecular flexibility index (Phi) is 19.5. The highest BCUT2D eigenvalue weighted by molar-refractivity contribution is 4.50. The molecular formula is C23H50NO2+. The van der Waals surface area contributed by atoms with Crippen molar-refractivity contribution in [1.82, 2.24) is 0 Å². The highest BCUT2D eigenvalue weighted by atomic mass is 16.5. The van der Waals surface area contributed by atoms with Gasteiger partial charge in [0.15, 0.2) is 0 Å². The van der Waals surface area contributed by atoms with Crippen molar-refractivity contribution >= 4 is 0 Å². The number of rotatable bonds is 21. The van der Waals surface area contributed by atoms with Crippen LogP contribution in [-0.4, -0.2) is 58.6 Å². The van der Waals surface area contributed by atoms with Crippen molar-refractivity contribution in [3.63, 3.8) is 0 Å². The van der Waals surface area contributed by atoms with Gasteiger partial charge in [0.1, 0.15) is 13.1 Å². The second-order valence-electron chi connectivity index (χ2n) is 8.37. The molecule has 0 unspecified atom stereocenters. The van der Waals surface area contributed by atoms with E-state index in [0.717, 1.165) is 30.8 Å². The van der Waals surface area contributed by atoms with Crippen molar-refractivity contribution in [2.75, 3.05) is 54.1 Å². The first-order valence-electron chi connectivity index (χ1n) is 11.5. The van der Waals surface area contributed by atoms with Crippen LogP contribution in [0, 0.1) is 0 Å². The Morgan fingerprint density at radius 3 is 1.19 bits per heavy atom. The average molecular weight is 373 g/mol. The summed E-state index contributed by atoms with van der Waals surface area (Å²) in [6.45, 7) is 7.43. The molecule has 0 aromatic rings. The number of nitrogens with zero attached hydrogens (tertiary/aromatic N) is 1. The first-order valence-corrected chi connectivity index (χ1v) is 11.5. The molecule has 3 heteroatoms. The van der Waals surface area contributed by atoms with Gasteiger partial charge in [-0.3, -0.25) is 0 Å². The molecule has 0 aromatic heterocycles. The first-order chi connectivity index (χ1) is 12.7. The van der Waals surface area contributed by atoms with Gasteiger partial charge in [-0.05, 0) is 12.8 Å². The number of quaternary nitrogens is 1. The lowest BCUT2D eigenvalue weighted by atomic mass is 10.0. The molecule has 0 atom stereocenters. The van der Waals surface area contributed by atoms with Gasteiger partial charge in [-0.1, -0.05) is 84.0 Å². The van der Waals surface area contributed by atoms with Crippen molar-refractivity contribution < 1.29 is 14.0 Å². The minimum absolute atomic E-state index is 0.846. The fourth-order valence-corrected chi connectivity index (χ4v) is 3.65. The summed E-state index contributed by atoms with van der Waals surface area (Å²) in [5.41, 5.74) is 0. The van der Waals surface area contributed by atoms with Crippen LogP contribution in [0.5, 0.6) is 0 Å². The van der Waals surface area contributed by atoms with E-state index in [2.05, 4.69) is 14.0 Å². The quantitative estimate of drug-likeness (QED) is 0.176. The minimum atomic E-state index is 0.846. The van der Waals surface area contributed by atoms with E-state index in [-0.39, 0.29) is 0 Å². The summed E-state index contributed by atoms with van der Waals surface area (Å²) in [4.78, 5) is 0. The Hall–Kier alpha value is -0.120. The van der Waals surface area contributed by atoms with Gasteiger partial charge in [0.2, 0.25) is 0 Å². The molecule has 0 amide bonds. The third-order valence-electron chi connectivity index (χ3n) is 5.72. The van der Waals surface area contributed by atoms with E-state index in [9.17, 15) is 0 Å². The molecule has 0 N–H and O–H groups in total. The Balaban J connectivity index is 3.44. The monoisotopic (exact) mass is 372 g/mol. The van der Waals surface area contributed by atoms with E-state index in [0.29, 0.717) is 0 Å². The lowest BCUT2D eigenvalue weighted by Crippen LogP contribution is -2.49. The smallest absolute Gasteiger partial charge is 0.102 e. The zero-order chi connectivity index (χ0) is 19.3. The van der Waals surface area contributed by atoms with Crippen molar-refractivity contribution in [2.24, 2.45) is 0 Å². The molecule has 158 valence electrons. The van der Waals surface area contributed by atoms with Crippen molar-refractivity contribution in [3.05, 3.63) is 0 Å². The zero-order valence-electron chi connectivity index (χ0n) is 18.7. The molecule has 0 fully saturated rings. The number of methoxy groups -OCH3 is 2. The molecule has 0 aliphatic heterocycles. The lowest BCUT2D eigenvalue weighted by Gasteiger charge is -2.34. The Morgan fingerprint density at radius 1 is 0.500 bits per heavy atom. The second-order valence-corrected chi connectivity index (χ2v) is 8.37. The maximum absolute atomic E-state index is 5.29. The van der Waals surface area contributed by atoms with E-state index >= 15 is 0 Å². The van der Waals surface area contributed by atoms with E-state index < -0.39 is 0 Å². The van der Waals surface area contributed by atoms with Crippen molar-refractivity contribution in [3.8, 4) is 0 Å². The predicted octanol–water partition coefficient (Wildman–Crippen LogP) is 6.21. The summed E-state index contributed by atoms with van der Waals surface area (Å²) in [5.74, 6) is 0. The van der Waals surface area contributed by atoms with Crippen LogP contribution < -0.4 is 0 Å². The zero-order valence-corrected chi connectivity index (χ0v) is 18.7. The summed E-state index contributed by atoms with van der Waals surface area (Å²) >= 11 is 0. The third-order valence-corrected chi connectivity index (χ3v) is 5.72. The molecular weight excluding hydrogens is 322 g/mol. The van der Waals surface area contributed by atoms with Crippen molar-refractivity contribution in [1.29, 1.82) is 0 Å². The van der Waals surface area contributed by atoms with Crippen LogP contribution in [0.3, 0.4) is 0 Å². The largest absolute Gasteiger partial charge is 0.379 e. The second kappa shape index (κ2) is 19.6. The molecule has 0 aliphatic rings. The van der Waals surface area contributed by atoms with Gasteiger partial charge in [-0.25, -0.2) is 0 Å². The SMILES string of the molecule is CCCCCCCCCCCCCCCC[N+](C)(CCOC)CCOC. The average Bonchev–Trinajstić information content (AvgIpc) is 2.65. The Morgan fingerprint density at radius 2 is 0.846 bits per heavy atom.